The van der Waals surface area contributed by atoms with Crippen LogP contribution in [0.5, 0.6) is 0 Å². The van der Waals surface area contributed by atoms with Crippen molar-refractivity contribution < 1.29 is 0 Å². The van der Waals surface area contributed by atoms with Gasteiger partial charge in [-0.15, -0.1) is 0 Å². The highest BCUT2D eigenvalue weighted by molar-refractivity contribution is 7.99. The first-order chi connectivity index (χ1) is 5.43. The van der Waals surface area contributed by atoms with Crippen LogP contribution in [0.3, 0.4) is 0 Å². The molecular weight excluding hydrogens is 158 g/mol. The molecule has 0 aromatic carbocycles. The number of thioether (sulfide) groups is 1. The summed E-state index contributed by atoms with van der Waals surface area (Å²) in [4.78, 5) is 7.99. The molecule has 1 heterocycles. The fourth-order valence-corrected chi connectivity index (χ4v) is 1.19. The van der Waals surface area contributed by atoms with Crippen molar-refractivity contribution in [1.82, 2.24) is 9.97 Å². The lowest BCUT2D eigenvalue weighted by atomic mass is 10.6. The first kappa shape index (κ1) is 8.02. The maximum Gasteiger partial charge on any atom is 0.187 e. The smallest absolute Gasteiger partial charge is 0.187 e. The lowest BCUT2D eigenvalue weighted by Crippen LogP contribution is -1.84. The number of nitriles is 1. The lowest BCUT2D eigenvalue weighted by molar-refractivity contribution is 0.965. The number of nitrogens with zero attached hydrogens (tertiary/aromatic N) is 3. The van der Waals surface area contributed by atoms with Crippen LogP contribution in [0.1, 0.15) is 6.42 Å². The van der Waals surface area contributed by atoms with Crippen molar-refractivity contribution >= 4 is 11.8 Å². The van der Waals surface area contributed by atoms with Crippen LogP contribution in [0.4, 0.5) is 0 Å². The number of aromatic nitrogens is 2. The molecule has 0 atom stereocenters. The van der Waals surface area contributed by atoms with Gasteiger partial charge in [-0.05, 0) is 6.07 Å². The van der Waals surface area contributed by atoms with Crippen LogP contribution in [-0.4, -0.2) is 15.7 Å². The Morgan fingerprint density at radius 3 is 2.82 bits per heavy atom. The normalized spacial score (nSPS) is 9.00. The van der Waals surface area contributed by atoms with Crippen molar-refractivity contribution in [3.8, 4) is 6.07 Å². The molecule has 4 heteroatoms. The van der Waals surface area contributed by atoms with Crippen molar-refractivity contribution in [2.45, 2.75) is 11.6 Å². The minimum Gasteiger partial charge on any atom is -0.231 e. The Morgan fingerprint density at radius 1 is 1.45 bits per heavy atom. The Kier molecular flexibility index (Phi) is 3.42. The van der Waals surface area contributed by atoms with Crippen molar-refractivity contribution in [3.05, 3.63) is 18.5 Å². The molecular formula is C7H7N3S. The first-order valence-corrected chi connectivity index (χ1v) is 4.19. The van der Waals surface area contributed by atoms with E-state index in [0.717, 1.165) is 10.9 Å². The van der Waals surface area contributed by atoms with Gasteiger partial charge < -0.3 is 0 Å². The molecule has 1 aromatic heterocycles. The third kappa shape index (κ3) is 3.01. The molecule has 0 bridgehead atoms. The third-order valence-corrected chi connectivity index (χ3v) is 1.86. The van der Waals surface area contributed by atoms with Crippen molar-refractivity contribution in [3.63, 3.8) is 0 Å². The second-order valence-electron chi connectivity index (χ2n) is 1.79. The Morgan fingerprint density at radius 2 is 2.18 bits per heavy atom. The van der Waals surface area contributed by atoms with Crippen LogP contribution in [0.15, 0.2) is 23.6 Å². The molecule has 0 saturated heterocycles. The maximum absolute atomic E-state index is 8.24. The summed E-state index contributed by atoms with van der Waals surface area (Å²) < 4.78 is 0. The summed E-state index contributed by atoms with van der Waals surface area (Å²) in [5.74, 6) is 0.764. The Labute approximate surface area is 69.5 Å². The van der Waals surface area contributed by atoms with Gasteiger partial charge in [0.1, 0.15) is 0 Å². The van der Waals surface area contributed by atoms with Crippen molar-refractivity contribution in [2.24, 2.45) is 0 Å². The molecule has 0 amide bonds. The van der Waals surface area contributed by atoms with Crippen LogP contribution >= 0.6 is 11.8 Å². The van der Waals surface area contributed by atoms with E-state index in [4.69, 9.17) is 5.26 Å². The molecule has 1 rings (SSSR count). The zero-order valence-electron chi connectivity index (χ0n) is 5.90. The topological polar surface area (TPSA) is 49.6 Å². The highest BCUT2D eigenvalue weighted by atomic mass is 32.2. The molecule has 0 unspecified atom stereocenters. The van der Waals surface area contributed by atoms with Gasteiger partial charge in [0, 0.05) is 24.6 Å². The molecule has 0 aliphatic rings. The second-order valence-corrected chi connectivity index (χ2v) is 2.85. The van der Waals surface area contributed by atoms with Gasteiger partial charge in [-0.3, -0.25) is 0 Å². The molecule has 3 nitrogen and oxygen atoms in total. The first-order valence-electron chi connectivity index (χ1n) is 3.20. The molecule has 0 fully saturated rings. The van der Waals surface area contributed by atoms with E-state index in [9.17, 15) is 0 Å². The second kappa shape index (κ2) is 4.69. The van der Waals surface area contributed by atoms with Gasteiger partial charge in [0.25, 0.3) is 0 Å². The average molecular weight is 165 g/mol. The molecule has 0 aliphatic heterocycles. The molecule has 0 aliphatic carbocycles. The van der Waals surface area contributed by atoms with Gasteiger partial charge in [-0.2, -0.15) is 5.26 Å². The highest BCUT2D eigenvalue weighted by Gasteiger charge is 1.92. The van der Waals surface area contributed by atoms with Crippen LogP contribution in [0.2, 0.25) is 0 Å². The number of hydrogen-bond donors (Lipinski definition) is 0. The summed E-state index contributed by atoms with van der Waals surface area (Å²) in [5.41, 5.74) is 0. The van der Waals surface area contributed by atoms with E-state index in [1.54, 1.807) is 18.5 Å². The van der Waals surface area contributed by atoms with Gasteiger partial charge in [0.15, 0.2) is 5.16 Å². The molecule has 0 N–H and O–H groups in total. The standard InChI is InChI=1S/C7H7N3S/c8-3-1-6-11-7-9-4-2-5-10-7/h2,4-5H,1,6H2. The quantitative estimate of drug-likeness (QED) is 0.386. The van der Waals surface area contributed by atoms with E-state index < -0.39 is 0 Å². The predicted octanol–water partition coefficient (Wildman–Crippen LogP) is 1.48. The average Bonchev–Trinajstić information content (AvgIpc) is 2.07. The molecule has 0 spiro atoms. The highest BCUT2D eigenvalue weighted by Crippen LogP contribution is 2.10. The van der Waals surface area contributed by atoms with Crippen LogP contribution in [0.25, 0.3) is 0 Å². The summed E-state index contributed by atoms with van der Waals surface area (Å²) >= 11 is 1.50. The van der Waals surface area contributed by atoms with E-state index in [0.29, 0.717) is 6.42 Å². The number of rotatable bonds is 3. The van der Waals surface area contributed by atoms with E-state index in [1.165, 1.54) is 11.8 Å². The van der Waals surface area contributed by atoms with Gasteiger partial charge in [0.2, 0.25) is 0 Å². The van der Waals surface area contributed by atoms with Gasteiger partial charge in [-0.1, -0.05) is 11.8 Å². The van der Waals surface area contributed by atoms with Crippen LogP contribution in [-0.2, 0) is 0 Å². The van der Waals surface area contributed by atoms with Crippen molar-refractivity contribution in [2.75, 3.05) is 5.75 Å². The maximum atomic E-state index is 8.24. The SMILES string of the molecule is N#CCCSc1ncccn1. The zero-order chi connectivity index (χ0) is 7.94. The summed E-state index contributed by atoms with van der Waals surface area (Å²) in [6.45, 7) is 0. The van der Waals surface area contributed by atoms with Crippen LogP contribution < -0.4 is 0 Å². The zero-order valence-corrected chi connectivity index (χ0v) is 6.71. The minimum absolute atomic E-state index is 0.545. The Balaban J connectivity index is 2.35. The van der Waals surface area contributed by atoms with Gasteiger partial charge in [-0.25, -0.2) is 9.97 Å². The molecule has 56 valence electrons. The molecule has 0 radical (unpaired) electrons. The lowest BCUT2D eigenvalue weighted by Gasteiger charge is -1.93. The van der Waals surface area contributed by atoms with E-state index in [1.807, 2.05) is 0 Å². The monoisotopic (exact) mass is 165 g/mol. The summed E-state index contributed by atoms with van der Waals surface area (Å²) in [7, 11) is 0. The van der Waals surface area contributed by atoms with Crippen LogP contribution in [0, 0.1) is 11.3 Å². The molecule has 11 heavy (non-hydrogen) atoms. The Hall–Kier alpha value is -1.08. The van der Waals surface area contributed by atoms with Crippen molar-refractivity contribution in [1.29, 1.82) is 5.26 Å². The summed E-state index contributed by atoms with van der Waals surface area (Å²) in [6.07, 6.45) is 3.94. The summed E-state index contributed by atoms with van der Waals surface area (Å²) in [6, 6.07) is 3.83. The molecule has 1 aromatic rings. The van der Waals surface area contributed by atoms with E-state index in [2.05, 4.69) is 16.0 Å². The predicted molar refractivity (Wildman–Crippen MR) is 43.0 cm³/mol. The third-order valence-electron chi connectivity index (χ3n) is 0.987. The summed E-state index contributed by atoms with van der Waals surface area (Å²) in [5, 5.41) is 8.98. The number of hydrogen-bond acceptors (Lipinski definition) is 4. The fraction of sp³-hybridized carbons (Fsp3) is 0.286. The van der Waals surface area contributed by atoms with E-state index >= 15 is 0 Å². The van der Waals surface area contributed by atoms with Gasteiger partial charge >= 0.3 is 0 Å². The fourth-order valence-electron chi connectivity index (χ4n) is 0.548. The minimum atomic E-state index is 0.545. The molecule has 0 saturated carbocycles. The van der Waals surface area contributed by atoms with E-state index in [-0.39, 0.29) is 0 Å². The Bertz CT molecular complexity index is 242. The van der Waals surface area contributed by atoms with Gasteiger partial charge in [0.05, 0.1) is 6.07 Å². The largest absolute Gasteiger partial charge is 0.231 e.